The summed E-state index contributed by atoms with van der Waals surface area (Å²) >= 11 is 0. The Morgan fingerprint density at radius 1 is 1.33 bits per heavy atom. The van der Waals surface area contributed by atoms with Gasteiger partial charge in [-0.2, -0.15) is 0 Å². The second-order valence-corrected chi connectivity index (χ2v) is 3.07. The Bertz CT molecular complexity index is 264. The van der Waals surface area contributed by atoms with Gasteiger partial charge in [-0.15, -0.1) is 0 Å². The third-order valence-corrected chi connectivity index (χ3v) is 1.54. The van der Waals surface area contributed by atoms with E-state index in [4.69, 9.17) is 16.6 Å². The van der Waals surface area contributed by atoms with Crippen LogP contribution in [0.2, 0.25) is 0 Å². The number of ketones is 1. The topological polar surface area (TPSA) is 133 Å². The molecule has 86 valence electrons. The van der Waals surface area contributed by atoms with Gasteiger partial charge in [0.25, 0.3) is 0 Å². The third-order valence-electron chi connectivity index (χ3n) is 1.54. The molecule has 7 heteroatoms. The van der Waals surface area contributed by atoms with Crippen molar-refractivity contribution in [2.24, 2.45) is 11.5 Å². The van der Waals surface area contributed by atoms with Gasteiger partial charge in [0.15, 0.2) is 12.4 Å². The van der Waals surface area contributed by atoms with E-state index in [1.54, 1.807) is 0 Å². The number of carbonyl (C=O) groups excluding carboxylic acids is 2. The number of carboxylic acid groups (broad SMARTS) is 1. The molecule has 2 atom stereocenters. The first kappa shape index (κ1) is 13.5. The van der Waals surface area contributed by atoms with Gasteiger partial charge < -0.3 is 21.3 Å². The normalized spacial score (nSPS) is 14.1. The highest BCUT2D eigenvalue weighted by molar-refractivity contribution is 5.90. The lowest BCUT2D eigenvalue weighted by Crippen LogP contribution is -2.38. The minimum Gasteiger partial charge on any atom is -0.481 e. The maximum absolute atomic E-state index is 11.1. The molecule has 0 spiro atoms. The Balaban J connectivity index is 3.93. The number of aliphatic carboxylic acids is 1. The van der Waals surface area contributed by atoms with Crippen molar-refractivity contribution >= 4 is 17.7 Å². The number of rotatable bonds is 6. The van der Waals surface area contributed by atoms with Gasteiger partial charge in [0.05, 0.1) is 12.5 Å². The van der Waals surface area contributed by atoms with Crippen molar-refractivity contribution in [1.82, 2.24) is 0 Å². The number of nitrogens with two attached hydrogens (primary N) is 2. The van der Waals surface area contributed by atoms with Crippen molar-refractivity contribution in [3.05, 3.63) is 0 Å². The molecule has 0 aromatic rings. The van der Waals surface area contributed by atoms with Crippen LogP contribution < -0.4 is 11.5 Å². The zero-order valence-corrected chi connectivity index (χ0v) is 8.30. The number of hydrogen-bond acceptors (Lipinski definition) is 6. The first-order chi connectivity index (χ1) is 6.84. The van der Waals surface area contributed by atoms with E-state index in [1.807, 2.05) is 0 Å². The van der Waals surface area contributed by atoms with Gasteiger partial charge >= 0.3 is 11.9 Å². The molecule has 0 amide bonds. The van der Waals surface area contributed by atoms with E-state index in [1.165, 1.54) is 6.92 Å². The average Bonchev–Trinajstić information content (AvgIpc) is 2.12. The maximum atomic E-state index is 11.1. The molecule has 0 aliphatic rings. The van der Waals surface area contributed by atoms with Crippen LogP contribution in [0.1, 0.15) is 13.3 Å². The Hall–Kier alpha value is -1.47. The van der Waals surface area contributed by atoms with Crippen molar-refractivity contribution in [2.45, 2.75) is 25.4 Å². The second-order valence-electron chi connectivity index (χ2n) is 3.07. The van der Waals surface area contributed by atoms with Crippen molar-refractivity contribution < 1.29 is 24.2 Å². The molecular formula is C8H14N2O5. The van der Waals surface area contributed by atoms with E-state index in [0.717, 1.165) is 0 Å². The molecule has 0 aliphatic carbocycles. The van der Waals surface area contributed by atoms with Crippen molar-refractivity contribution in [1.29, 1.82) is 0 Å². The first-order valence-electron chi connectivity index (χ1n) is 4.27. The molecular weight excluding hydrogens is 204 g/mol. The fourth-order valence-electron chi connectivity index (χ4n) is 0.683. The van der Waals surface area contributed by atoms with Crippen LogP contribution in [0.3, 0.4) is 0 Å². The summed E-state index contributed by atoms with van der Waals surface area (Å²) in [5.74, 6) is -2.56. The van der Waals surface area contributed by atoms with Crippen LogP contribution in [0, 0.1) is 0 Å². The summed E-state index contributed by atoms with van der Waals surface area (Å²) in [7, 11) is 0. The minimum absolute atomic E-state index is 0.492. The summed E-state index contributed by atoms with van der Waals surface area (Å²) in [5.41, 5.74) is 10.4. The van der Waals surface area contributed by atoms with E-state index in [-0.39, 0.29) is 0 Å². The number of carboxylic acids is 1. The minimum atomic E-state index is -1.19. The first-order valence-corrected chi connectivity index (χ1v) is 4.27. The van der Waals surface area contributed by atoms with E-state index in [0.29, 0.717) is 0 Å². The van der Waals surface area contributed by atoms with Crippen molar-refractivity contribution in [3.8, 4) is 0 Å². The average molecular weight is 218 g/mol. The van der Waals surface area contributed by atoms with Crippen LogP contribution in [-0.2, 0) is 19.1 Å². The van der Waals surface area contributed by atoms with Gasteiger partial charge in [-0.3, -0.25) is 14.4 Å². The Morgan fingerprint density at radius 2 is 1.87 bits per heavy atom. The number of esters is 1. The molecule has 0 radical (unpaired) electrons. The molecule has 5 N–H and O–H groups in total. The summed E-state index contributed by atoms with van der Waals surface area (Å²) in [5, 5.41) is 8.34. The maximum Gasteiger partial charge on any atom is 0.323 e. The SMILES string of the molecule is C[C@H](N)C(=O)OCC(=O)[C@H](N)CC(=O)O. The summed E-state index contributed by atoms with van der Waals surface area (Å²) < 4.78 is 4.48. The standard InChI is InChI=1S/C8H14N2O5/c1-4(9)8(14)15-3-6(11)5(10)2-7(12)13/h4-5H,2-3,9-10H2,1H3,(H,12,13)/t4-,5+/m0/s1. The van der Waals surface area contributed by atoms with Gasteiger partial charge in [-0.05, 0) is 6.92 Å². The van der Waals surface area contributed by atoms with E-state index >= 15 is 0 Å². The smallest absolute Gasteiger partial charge is 0.323 e. The van der Waals surface area contributed by atoms with Crippen molar-refractivity contribution in [2.75, 3.05) is 6.61 Å². The number of carbonyl (C=O) groups is 3. The molecule has 0 aliphatic heterocycles. The molecule has 0 fully saturated rings. The van der Waals surface area contributed by atoms with Crippen LogP contribution >= 0.6 is 0 Å². The monoisotopic (exact) mass is 218 g/mol. The van der Waals surface area contributed by atoms with Crippen molar-refractivity contribution in [3.63, 3.8) is 0 Å². The Labute approximate surface area is 86.4 Å². The van der Waals surface area contributed by atoms with Gasteiger partial charge in [-0.1, -0.05) is 0 Å². The largest absolute Gasteiger partial charge is 0.481 e. The zero-order valence-electron chi connectivity index (χ0n) is 8.30. The zero-order chi connectivity index (χ0) is 12.0. The van der Waals surface area contributed by atoms with Crippen LogP contribution in [-0.4, -0.2) is 41.5 Å². The van der Waals surface area contributed by atoms with Crippen LogP contribution in [0.25, 0.3) is 0 Å². The van der Waals surface area contributed by atoms with E-state index in [2.05, 4.69) is 4.74 Å². The lowest BCUT2D eigenvalue weighted by Gasteiger charge is -2.09. The lowest BCUT2D eigenvalue weighted by atomic mass is 10.1. The fourth-order valence-corrected chi connectivity index (χ4v) is 0.683. The highest BCUT2D eigenvalue weighted by Crippen LogP contribution is 1.93. The molecule has 0 saturated carbocycles. The lowest BCUT2D eigenvalue weighted by molar-refractivity contribution is -0.149. The quantitative estimate of drug-likeness (QED) is 0.450. The number of Topliss-reactive ketones (excluding diaryl/α,β-unsaturated/α-hetero) is 1. The third kappa shape index (κ3) is 5.76. The predicted molar refractivity (Wildman–Crippen MR) is 49.8 cm³/mol. The summed E-state index contributed by atoms with van der Waals surface area (Å²) in [6, 6.07) is -1.99. The molecule has 15 heavy (non-hydrogen) atoms. The predicted octanol–water partition coefficient (Wildman–Crippen LogP) is -1.75. The summed E-state index contributed by atoms with van der Waals surface area (Å²) in [6.45, 7) is 0.860. The summed E-state index contributed by atoms with van der Waals surface area (Å²) in [4.78, 5) is 32.1. The number of hydrogen-bond donors (Lipinski definition) is 3. The molecule has 7 nitrogen and oxygen atoms in total. The molecule has 0 heterocycles. The fraction of sp³-hybridized carbons (Fsp3) is 0.625. The molecule has 0 bridgehead atoms. The molecule has 0 rings (SSSR count). The Morgan fingerprint density at radius 3 is 2.27 bits per heavy atom. The van der Waals surface area contributed by atoms with E-state index in [9.17, 15) is 14.4 Å². The summed E-state index contributed by atoms with van der Waals surface area (Å²) in [6.07, 6.45) is -0.492. The van der Waals surface area contributed by atoms with E-state index < -0.39 is 42.8 Å². The van der Waals surface area contributed by atoms with Crippen LogP contribution in [0.4, 0.5) is 0 Å². The highest BCUT2D eigenvalue weighted by Gasteiger charge is 2.19. The molecule has 0 aromatic heterocycles. The molecule has 0 unspecified atom stereocenters. The molecule has 0 aromatic carbocycles. The van der Waals surface area contributed by atoms with Gasteiger partial charge in [-0.25, -0.2) is 0 Å². The second kappa shape index (κ2) is 6.10. The number of ether oxygens (including phenoxy) is 1. The van der Waals surface area contributed by atoms with Gasteiger partial charge in [0.1, 0.15) is 6.04 Å². The Kier molecular flexibility index (Phi) is 5.50. The van der Waals surface area contributed by atoms with Crippen LogP contribution in [0.5, 0.6) is 0 Å². The molecule has 0 saturated heterocycles. The highest BCUT2D eigenvalue weighted by atomic mass is 16.5. The van der Waals surface area contributed by atoms with Crippen LogP contribution in [0.15, 0.2) is 0 Å². The van der Waals surface area contributed by atoms with Gasteiger partial charge in [0, 0.05) is 0 Å². The van der Waals surface area contributed by atoms with Gasteiger partial charge in [0.2, 0.25) is 0 Å².